The molecule has 2 aliphatic heterocycles. The van der Waals surface area contributed by atoms with Crippen molar-refractivity contribution in [2.24, 2.45) is 0 Å². The van der Waals surface area contributed by atoms with Gasteiger partial charge in [-0.3, -0.25) is 0 Å². The summed E-state index contributed by atoms with van der Waals surface area (Å²) < 4.78 is 27.8. The molecule has 0 atom stereocenters. The fraction of sp³-hybridized carbons (Fsp3) is 0.522. The first-order valence-corrected chi connectivity index (χ1v) is 11.1. The Bertz CT molecular complexity index is 997. The average Bonchev–Trinajstić information content (AvgIpc) is 2.98. The number of piperidine rings is 1. The molecule has 0 unspecified atom stereocenters. The van der Waals surface area contributed by atoms with Crippen LogP contribution in [0.25, 0.3) is 11.3 Å². The van der Waals surface area contributed by atoms with Gasteiger partial charge in [-0.1, -0.05) is 0 Å². The minimum Gasteiger partial charge on any atom is -0.481 e. The number of allylic oxidation sites excluding steroid dienone is 1. The van der Waals surface area contributed by atoms with Crippen LogP contribution in [-0.4, -0.2) is 66.6 Å². The highest BCUT2D eigenvalue weighted by Crippen LogP contribution is 2.28. The summed E-state index contributed by atoms with van der Waals surface area (Å²) >= 11 is 0. The Labute approximate surface area is 187 Å². The first kappa shape index (κ1) is 22.4. The SMILES string of the molecule is COc1ncc(-n2nc(/C(C=N)=C/NCC3(F)CCNCC3)c3c2CCOCC3)cc1C. The van der Waals surface area contributed by atoms with Crippen LogP contribution in [0.5, 0.6) is 5.88 Å². The Hall–Kier alpha value is -2.78. The van der Waals surface area contributed by atoms with Crippen LogP contribution in [0.3, 0.4) is 0 Å². The van der Waals surface area contributed by atoms with Gasteiger partial charge in [0.1, 0.15) is 5.67 Å². The van der Waals surface area contributed by atoms with Gasteiger partial charge in [-0.15, -0.1) is 0 Å². The van der Waals surface area contributed by atoms with Crippen LogP contribution >= 0.6 is 0 Å². The summed E-state index contributed by atoms with van der Waals surface area (Å²) in [5, 5.41) is 19.2. The zero-order valence-electron chi connectivity index (χ0n) is 18.7. The van der Waals surface area contributed by atoms with E-state index in [1.165, 1.54) is 6.21 Å². The summed E-state index contributed by atoms with van der Waals surface area (Å²) in [5.41, 5.74) is 3.98. The average molecular weight is 443 g/mol. The number of rotatable bonds is 7. The van der Waals surface area contributed by atoms with E-state index in [-0.39, 0.29) is 6.54 Å². The lowest BCUT2D eigenvalue weighted by molar-refractivity contribution is 0.118. The fourth-order valence-electron chi connectivity index (χ4n) is 4.35. The van der Waals surface area contributed by atoms with E-state index in [4.69, 9.17) is 20.0 Å². The summed E-state index contributed by atoms with van der Waals surface area (Å²) in [6, 6.07) is 1.99. The van der Waals surface area contributed by atoms with Crippen LogP contribution in [0, 0.1) is 12.3 Å². The maximum atomic E-state index is 14.9. The molecule has 4 heterocycles. The van der Waals surface area contributed by atoms with Gasteiger partial charge in [0.05, 0.1) is 43.6 Å². The van der Waals surface area contributed by atoms with Gasteiger partial charge in [-0.05, 0) is 45.3 Å². The van der Waals surface area contributed by atoms with Crippen LogP contribution in [0.15, 0.2) is 18.5 Å². The van der Waals surface area contributed by atoms with E-state index in [1.54, 1.807) is 19.5 Å². The van der Waals surface area contributed by atoms with Gasteiger partial charge in [0.15, 0.2) is 0 Å². The molecule has 2 aromatic rings. The lowest BCUT2D eigenvalue weighted by Gasteiger charge is -2.29. The Morgan fingerprint density at radius 1 is 1.38 bits per heavy atom. The molecule has 1 saturated heterocycles. The Kier molecular flexibility index (Phi) is 6.86. The highest BCUT2D eigenvalue weighted by molar-refractivity contribution is 6.08. The van der Waals surface area contributed by atoms with Crippen molar-refractivity contribution in [3.63, 3.8) is 0 Å². The lowest BCUT2D eigenvalue weighted by Crippen LogP contribution is -2.44. The van der Waals surface area contributed by atoms with E-state index in [2.05, 4.69) is 15.6 Å². The number of fused-ring (bicyclic) bond motifs is 1. The van der Waals surface area contributed by atoms with Crippen molar-refractivity contribution in [3.05, 3.63) is 41.0 Å². The van der Waals surface area contributed by atoms with Gasteiger partial charge >= 0.3 is 0 Å². The molecule has 2 aromatic heterocycles. The third-order valence-corrected chi connectivity index (χ3v) is 6.13. The van der Waals surface area contributed by atoms with Crippen molar-refractivity contribution in [1.82, 2.24) is 25.4 Å². The van der Waals surface area contributed by atoms with E-state index in [9.17, 15) is 4.39 Å². The predicted molar refractivity (Wildman–Crippen MR) is 122 cm³/mol. The molecule has 0 amide bonds. The molecule has 32 heavy (non-hydrogen) atoms. The van der Waals surface area contributed by atoms with Crippen molar-refractivity contribution < 1.29 is 13.9 Å². The maximum absolute atomic E-state index is 14.9. The zero-order valence-corrected chi connectivity index (χ0v) is 18.7. The van der Waals surface area contributed by atoms with E-state index in [1.807, 2.05) is 17.7 Å². The van der Waals surface area contributed by atoms with Crippen molar-refractivity contribution in [3.8, 4) is 11.6 Å². The summed E-state index contributed by atoms with van der Waals surface area (Å²) in [4.78, 5) is 4.40. The number of nitrogens with one attached hydrogen (secondary N) is 3. The third-order valence-electron chi connectivity index (χ3n) is 6.13. The van der Waals surface area contributed by atoms with Crippen molar-refractivity contribution in [2.75, 3.05) is 40.0 Å². The Morgan fingerprint density at radius 2 is 2.16 bits per heavy atom. The number of hydrogen-bond acceptors (Lipinski definition) is 7. The van der Waals surface area contributed by atoms with Crippen LogP contribution in [0.4, 0.5) is 4.39 Å². The molecule has 8 nitrogen and oxygen atoms in total. The summed E-state index contributed by atoms with van der Waals surface area (Å²) in [6.45, 7) is 4.76. The minimum absolute atomic E-state index is 0.222. The van der Waals surface area contributed by atoms with Crippen molar-refractivity contribution in [2.45, 2.75) is 38.3 Å². The summed E-state index contributed by atoms with van der Waals surface area (Å²) in [7, 11) is 1.60. The lowest BCUT2D eigenvalue weighted by atomic mass is 9.94. The number of aryl methyl sites for hydroxylation is 1. The number of aromatic nitrogens is 3. The van der Waals surface area contributed by atoms with Crippen LogP contribution < -0.4 is 15.4 Å². The number of halogens is 1. The topological polar surface area (TPSA) is 97.1 Å². The highest BCUT2D eigenvalue weighted by Gasteiger charge is 2.31. The zero-order chi connectivity index (χ0) is 22.6. The quantitative estimate of drug-likeness (QED) is 0.570. The monoisotopic (exact) mass is 442 g/mol. The van der Waals surface area contributed by atoms with Gasteiger partial charge in [0, 0.05) is 42.1 Å². The van der Waals surface area contributed by atoms with Gasteiger partial charge in [-0.2, -0.15) is 5.10 Å². The first-order valence-electron chi connectivity index (χ1n) is 11.1. The molecule has 0 bridgehead atoms. The minimum atomic E-state index is -1.23. The molecule has 9 heteroatoms. The van der Waals surface area contributed by atoms with E-state index < -0.39 is 5.67 Å². The Morgan fingerprint density at radius 3 is 2.88 bits per heavy atom. The van der Waals surface area contributed by atoms with Gasteiger partial charge < -0.3 is 25.5 Å². The van der Waals surface area contributed by atoms with E-state index >= 15 is 0 Å². The predicted octanol–water partition coefficient (Wildman–Crippen LogP) is 2.37. The van der Waals surface area contributed by atoms with Gasteiger partial charge in [0.25, 0.3) is 0 Å². The molecule has 0 saturated carbocycles. The largest absolute Gasteiger partial charge is 0.481 e. The Balaban J connectivity index is 1.66. The molecule has 1 fully saturated rings. The number of pyridine rings is 1. The first-order chi connectivity index (χ1) is 15.5. The van der Waals surface area contributed by atoms with E-state index in [0.717, 1.165) is 28.2 Å². The smallest absolute Gasteiger partial charge is 0.216 e. The van der Waals surface area contributed by atoms with Crippen molar-refractivity contribution >= 4 is 11.8 Å². The third kappa shape index (κ3) is 4.68. The molecule has 0 aliphatic carbocycles. The highest BCUT2D eigenvalue weighted by atomic mass is 19.1. The standard InChI is InChI=1S/C23H31FN6O2/c1-16-11-18(14-28-22(16)31-2)30-20-4-10-32-9-3-19(20)21(29-30)17(12-25)13-27-15-23(24)5-7-26-8-6-23/h11-14,25-27H,3-10,15H2,1-2H3/b17-13+,25-12?. The second kappa shape index (κ2) is 9.79. The maximum Gasteiger partial charge on any atom is 0.216 e. The van der Waals surface area contributed by atoms with Gasteiger partial charge in [-0.25, -0.2) is 14.1 Å². The number of ether oxygens (including phenoxy) is 2. The number of alkyl halides is 1. The van der Waals surface area contributed by atoms with Crippen molar-refractivity contribution in [1.29, 1.82) is 5.41 Å². The normalized spacial score (nSPS) is 18.5. The molecule has 3 N–H and O–H groups in total. The number of nitrogens with zero attached hydrogens (tertiary/aromatic N) is 3. The summed E-state index contributed by atoms with van der Waals surface area (Å²) in [5.74, 6) is 0.581. The van der Waals surface area contributed by atoms with Crippen LogP contribution in [-0.2, 0) is 17.6 Å². The second-order valence-electron chi connectivity index (χ2n) is 8.34. The van der Waals surface area contributed by atoms with Crippen LogP contribution in [0.2, 0.25) is 0 Å². The number of hydrogen-bond donors (Lipinski definition) is 3. The molecular formula is C23H31FN6O2. The number of methoxy groups -OCH3 is 1. The second-order valence-corrected chi connectivity index (χ2v) is 8.34. The van der Waals surface area contributed by atoms with E-state index in [0.29, 0.717) is 63.4 Å². The fourth-order valence-corrected chi connectivity index (χ4v) is 4.35. The molecule has 0 spiro atoms. The molecular weight excluding hydrogens is 411 g/mol. The van der Waals surface area contributed by atoms with Crippen LogP contribution in [0.1, 0.15) is 35.4 Å². The molecule has 0 radical (unpaired) electrons. The molecule has 0 aromatic carbocycles. The molecule has 172 valence electrons. The molecule has 4 rings (SSSR count). The summed E-state index contributed by atoms with van der Waals surface area (Å²) in [6.07, 6.45) is 7.12. The van der Waals surface area contributed by atoms with Gasteiger partial charge in [0.2, 0.25) is 5.88 Å². The molecule has 2 aliphatic rings.